The third-order valence-corrected chi connectivity index (χ3v) is 4.43. The summed E-state index contributed by atoms with van der Waals surface area (Å²) in [5, 5.41) is 0. The molecule has 0 radical (unpaired) electrons. The summed E-state index contributed by atoms with van der Waals surface area (Å²) in [7, 11) is 0. The highest BCUT2D eigenvalue weighted by molar-refractivity contribution is 5.80. The number of alkyl halides is 2. The van der Waals surface area contributed by atoms with Gasteiger partial charge in [0, 0.05) is 25.4 Å². The molecule has 0 spiro atoms. The molecule has 0 N–H and O–H groups in total. The van der Waals surface area contributed by atoms with Crippen LogP contribution in [0.4, 0.5) is 8.78 Å². The number of carbonyl (C=O) groups is 1. The van der Waals surface area contributed by atoms with Crippen molar-refractivity contribution in [2.24, 2.45) is 11.8 Å². The van der Waals surface area contributed by atoms with Gasteiger partial charge in [-0.2, -0.15) is 0 Å². The van der Waals surface area contributed by atoms with Crippen LogP contribution < -0.4 is 0 Å². The Balaban J connectivity index is 2.24. The molecule has 5 heteroatoms. The molecule has 136 valence electrons. The molecular weight excluding hydrogens is 300 g/mol. The smallest absolute Gasteiger partial charge is 0.260 e. The Morgan fingerprint density at radius 3 is 2.35 bits per heavy atom. The van der Waals surface area contributed by atoms with Gasteiger partial charge in [-0.25, -0.2) is 8.78 Å². The zero-order valence-electron chi connectivity index (χ0n) is 15.1. The van der Waals surface area contributed by atoms with Gasteiger partial charge in [-0.15, -0.1) is 0 Å². The van der Waals surface area contributed by atoms with Gasteiger partial charge >= 0.3 is 0 Å². The van der Waals surface area contributed by atoms with Gasteiger partial charge in [0.2, 0.25) is 0 Å². The summed E-state index contributed by atoms with van der Waals surface area (Å²) >= 11 is 0. The molecule has 0 aromatic heterocycles. The highest BCUT2D eigenvalue weighted by Gasteiger charge is 2.33. The number of hydrogen-bond acceptors (Lipinski definition) is 3. The number of halogens is 2. The molecule has 0 atom stereocenters. The maximum absolute atomic E-state index is 14.0. The molecule has 3 nitrogen and oxygen atoms in total. The molecule has 0 aliphatic carbocycles. The third-order valence-electron chi connectivity index (χ3n) is 4.43. The van der Waals surface area contributed by atoms with Crippen LogP contribution in [0.5, 0.6) is 0 Å². The zero-order valence-corrected chi connectivity index (χ0v) is 15.1. The predicted octanol–water partition coefficient (Wildman–Crippen LogP) is 4.15. The molecule has 1 saturated heterocycles. The first-order valence-electron chi connectivity index (χ1n) is 8.94. The van der Waals surface area contributed by atoms with E-state index >= 15 is 0 Å². The van der Waals surface area contributed by atoms with E-state index in [1.165, 1.54) is 0 Å². The van der Waals surface area contributed by atoms with E-state index in [2.05, 4.69) is 0 Å². The van der Waals surface area contributed by atoms with Gasteiger partial charge in [0.25, 0.3) is 5.92 Å². The summed E-state index contributed by atoms with van der Waals surface area (Å²) in [5.74, 6) is -1.92. The summed E-state index contributed by atoms with van der Waals surface area (Å²) in [6.07, 6.45) is 2.68. The molecule has 23 heavy (non-hydrogen) atoms. The Kier molecular flexibility index (Phi) is 8.62. The van der Waals surface area contributed by atoms with Gasteiger partial charge in [-0.05, 0) is 52.1 Å². The van der Waals surface area contributed by atoms with Crippen LogP contribution in [0.15, 0.2) is 0 Å². The van der Waals surface area contributed by atoms with Gasteiger partial charge in [-0.3, -0.25) is 9.69 Å². The number of ether oxygens (including phenoxy) is 1. The second-order valence-corrected chi connectivity index (χ2v) is 7.42. The van der Waals surface area contributed by atoms with Crippen molar-refractivity contribution in [2.75, 3.05) is 26.2 Å². The largest absolute Gasteiger partial charge is 0.379 e. The fourth-order valence-corrected chi connectivity index (χ4v) is 2.92. The Labute approximate surface area is 139 Å². The van der Waals surface area contributed by atoms with Crippen LogP contribution in [0.2, 0.25) is 0 Å². The van der Waals surface area contributed by atoms with Crippen LogP contribution in [0, 0.1) is 11.8 Å². The van der Waals surface area contributed by atoms with Crippen LogP contribution >= 0.6 is 0 Å². The van der Waals surface area contributed by atoms with E-state index in [9.17, 15) is 13.6 Å². The molecule has 0 unspecified atom stereocenters. The topological polar surface area (TPSA) is 29.5 Å². The third kappa shape index (κ3) is 8.75. The Bertz CT molecular complexity index is 351. The van der Waals surface area contributed by atoms with Crippen LogP contribution in [0.25, 0.3) is 0 Å². The molecule has 1 aliphatic heterocycles. The molecule has 1 aliphatic rings. The maximum atomic E-state index is 14.0. The van der Waals surface area contributed by atoms with Gasteiger partial charge in [0.1, 0.15) is 5.78 Å². The lowest BCUT2D eigenvalue weighted by atomic mass is 9.88. The van der Waals surface area contributed by atoms with Gasteiger partial charge in [0.05, 0.1) is 12.6 Å². The minimum atomic E-state index is -2.65. The lowest BCUT2D eigenvalue weighted by Gasteiger charge is -2.34. The molecule has 1 fully saturated rings. The van der Waals surface area contributed by atoms with Crippen molar-refractivity contribution >= 4 is 5.78 Å². The number of nitrogens with zero attached hydrogens (tertiary/aromatic N) is 1. The first kappa shape index (κ1) is 20.5. The van der Waals surface area contributed by atoms with Gasteiger partial charge in [0.15, 0.2) is 0 Å². The summed E-state index contributed by atoms with van der Waals surface area (Å²) in [6.45, 7) is 9.23. The molecular formula is C18H33F2NO2. The SMILES string of the molecule is CC(C)OCCCC(F)(F)CN1CCC(CC(=O)C(C)C)CC1. The van der Waals surface area contributed by atoms with Crippen molar-refractivity contribution in [1.82, 2.24) is 4.90 Å². The highest BCUT2D eigenvalue weighted by atomic mass is 19.3. The molecule has 0 bridgehead atoms. The Morgan fingerprint density at radius 1 is 1.22 bits per heavy atom. The van der Waals surface area contributed by atoms with Gasteiger partial charge in [-0.1, -0.05) is 13.8 Å². The second kappa shape index (κ2) is 9.67. The summed E-state index contributed by atoms with van der Waals surface area (Å²) in [6, 6.07) is 0. The number of carbonyl (C=O) groups excluding carboxylic acids is 1. The number of likely N-dealkylation sites (tertiary alicyclic amines) is 1. The van der Waals surface area contributed by atoms with Gasteiger partial charge < -0.3 is 4.74 Å². The monoisotopic (exact) mass is 333 g/mol. The summed E-state index contributed by atoms with van der Waals surface area (Å²) < 4.78 is 33.3. The maximum Gasteiger partial charge on any atom is 0.260 e. The van der Waals surface area contributed by atoms with Crippen molar-refractivity contribution < 1.29 is 18.3 Å². The van der Waals surface area contributed by atoms with E-state index in [-0.39, 0.29) is 25.0 Å². The van der Waals surface area contributed by atoms with E-state index in [0.717, 1.165) is 12.8 Å². The first-order chi connectivity index (χ1) is 10.7. The fraction of sp³-hybridized carbons (Fsp3) is 0.944. The number of piperidine rings is 1. The van der Waals surface area contributed by atoms with Crippen molar-refractivity contribution in [3.63, 3.8) is 0 Å². The Hall–Kier alpha value is -0.550. The minimum Gasteiger partial charge on any atom is -0.379 e. The fourth-order valence-electron chi connectivity index (χ4n) is 2.92. The summed E-state index contributed by atoms with van der Waals surface area (Å²) in [4.78, 5) is 13.6. The predicted molar refractivity (Wildman–Crippen MR) is 88.9 cm³/mol. The molecule has 0 aromatic carbocycles. The first-order valence-corrected chi connectivity index (χ1v) is 8.94. The number of rotatable bonds is 10. The molecule has 0 aromatic rings. The Morgan fingerprint density at radius 2 is 1.83 bits per heavy atom. The lowest BCUT2D eigenvalue weighted by Crippen LogP contribution is -2.42. The van der Waals surface area contributed by atoms with Crippen molar-refractivity contribution in [3.8, 4) is 0 Å². The van der Waals surface area contributed by atoms with E-state index in [4.69, 9.17) is 4.74 Å². The molecule has 0 amide bonds. The zero-order chi connectivity index (χ0) is 17.5. The van der Waals surface area contributed by atoms with Crippen LogP contribution in [0.1, 0.15) is 59.8 Å². The standard InChI is InChI=1S/C18H33F2NO2/c1-14(2)17(22)12-16-6-9-21(10-7-16)13-18(19,20)8-5-11-23-15(3)4/h14-16H,5-13H2,1-4H3. The number of Topliss-reactive ketones (excluding diaryl/α,β-unsaturated/α-hetero) is 1. The van der Waals surface area contributed by atoms with Crippen LogP contribution in [-0.4, -0.2) is 49.0 Å². The van der Waals surface area contributed by atoms with Crippen molar-refractivity contribution in [1.29, 1.82) is 0 Å². The summed E-state index contributed by atoms with van der Waals surface area (Å²) in [5.41, 5.74) is 0. The number of ketones is 1. The molecule has 0 saturated carbocycles. The van der Waals surface area contributed by atoms with E-state index < -0.39 is 5.92 Å². The average Bonchev–Trinajstić information content (AvgIpc) is 2.45. The lowest BCUT2D eigenvalue weighted by molar-refractivity contribution is -0.123. The molecule has 1 heterocycles. The minimum absolute atomic E-state index is 0.0745. The van der Waals surface area contributed by atoms with Crippen molar-refractivity contribution in [3.05, 3.63) is 0 Å². The van der Waals surface area contributed by atoms with E-state index in [1.54, 1.807) is 0 Å². The van der Waals surface area contributed by atoms with Crippen LogP contribution in [0.3, 0.4) is 0 Å². The normalized spacial score (nSPS) is 18.1. The average molecular weight is 333 g/mol. The second-order valence-electron chi connectivity index (χ2n) is 7.42. The van der Waals surface area contributed by atoms with E-state index in [0.29, 0.717) is 44.2 Å². The number of hydrogen-bond donors (Lipinski definition) is 0. The van der Waals surface area contributed by atoms with Crippen molar-refractivity contribution in [2.45, 2.75) is 71.8 Å². The molecule has 1 rings (SSSR count). The van der Waals surface area contributed by atoms with E-state index in [1.807, 2.05) is 32.6 Å². The van der Waals surface area contributed by atoms with Crippen LogP contribution in [-0.2, 0) is 9.53 Å². The highest BCUT2D eigenvalue weighted by Crippen LogP contribution is 2.27. The quantitative estimate of drug-likeness (QED) is 0.562.